The van der Waals surface area contributed by atoms with Gasteiger partial charge in [-0.15, -0.1) is 0 Å². The van der Waals surface area contributed by atoms with Crippen LogP contribution in [0.15, 0.2) is 36.9 Å². The first kappa shape index (κ1) is 16.7. The van der Waals surface area contributed by atoms with E-state index in [9.17, 15) is 4.79 Å². The van der Waals surface area contributed by atoms with Crippen molar-refractivity contribution in [3.8, 4) is 0 Å². The van der Waals surface area contributed by atoms with Crippen molar-refractivity contribution in [1.29, 1.82) is 0 Å². The molecule has 0 fully saturated rings. The highest BCUT2D eigenvalue weighted by atomic mass is 28.4. The molecule has 2 nitrogen and oxygen atoms in total. The molecule has 20 heavy (non-hydrogen) atoms. The molecule has 0 saturated heterocycles. The second kappa shape index (κ2) is 6.40. The summed E-state index contributed by atoms with van der Waals surface area (Å²) in [5.74, 6) is -0.103. The van der Waals surface area contributed by atoms with E-state index < -0.39 is 8.32 Å². The Balaban J connectivity index is 2.51. The molecule has 0 aliphatic carbocycles. The molecule has 0 aliphatic rings. The maximum Gasteiger partial charge on any atom is 0.292 e. The summed E-state index contributed by atoms with van der Waals surface area (Å²) in [5, 5.41) is 0.0547. The van der Waals surface area contributed by atoms with Gasteiger partial charge in [-0.1, -0.05) is 57.7 Å². The fourth-order valence-corrected chi connectivity index (χ4v) is 2.54. The first-order valence-corrected chi connectivity index (χ1v) is 9.99. The summed E-state index contributed by atoms with van der Waals surface area (Å²) in [6, 6.07) is 9.97. The van der Waals surface area contributed by atoms with Gasteiger partial charge in [0.1, 0.15) is 0 Å². The monoisotopic (exact) mass is 290 g/mol. The molecule has 0 bridgehead atoms. The summed E-state index contributed by atoms with van der Waals surface area (Å²) in [6.07, 6.45) is 1.05. The Hall–Kier alpha value is -1.35. The van der Waals surface area contributed by atoms with Gasteiger partial charge in [0.15, 0.2) is 0 Å². The van der Waals surface area contributed by atoms with Gasteiger partial charge in [0.25, 0.3) is 14.3 Å². The molecule has 0 radical (unpaired) electrons. The average molecular weight is 290 g/mol. The van der Waals surface area contributed by atoms with E-state index in [-0.39, 0.29) is 11.0 Å². The Kier molecular flexibility index (Phi) is 5.34. The summed E-state index contributed by atoms with van der Waals surface area (Å²) in [7, 11) is -2.00. The maximum absolute atomic E-state index is 12.0. The number of allylic oxidation sites excluding steroid dienone is 1. The Morgan fingerprint density at radius 2 is 1.70 bits per heavy atom. The third-order valence-electron chi connectivity index (χ3n) is 3.99. The van der Waals surface area contributed by atoms with Crippen LogP contribution in [0.3, 0.4) is 0 Å². The normalized spacial score (nSPS) is 12.1. The predicted octanol–water partition coefficient (Wildman–Crippen LogP) is 5.03. The summed E-state index contributed by atoms with van der Waals surface area (Å²) >= 11 is 0. The van der Waals surface area contributed by atoms with Crippen LogP contribution < -0.4 is 0 Å². The van der Waals surface area contributed by atoms with Crippen LogP contribution >= 0.6 is 0 Å². The van der Waals surface area contributed by atoms with E-state index in [0.717, 1.165) is 11.1 Å². The van der Waals surface area contributed by atoms with Gasteiger partial charge >= 0.3 is 0 Å². The van der Waals surface area contributed by atoms with Gasteiger partial charge in [0.05, 0.1) is 0 Å². The third kappa shape index (κ3) is 4.64. The average Bonchev–Trinajstić information content (AvgIpc) is 2.35. The van der Waals surface area contributed by atoms with Gasteiger partial charge in [-0.3, -0.25) is 4.79 Å². The van der Waals surface area contributed by atoms with E-state index >= 15 is 0 Å². The first-order chi connectivity index (χ1) is 9.13. The zero-order chi connectivity index (χ0) is 15.4. The molecule has 1 aromatic rings. The molecule has 0 N–H and O–H groups in total. The molecule has 1 aromatic carbocycles. The minimum Gasteiger partial charge on any atom is -0.519 e. The highest BCUT2D eigenvalue weighted by Gasteiger charge is 2.40. The molecular formula is C17H26O2Si. The van der Waals surface area contributed by atoms with Crippen LogP contribution in [-0.2, 0) is 9.22 Å². The zero-order valence-electron chi connectivity index (χ0n) is 13.3. The fourth-order valence-electron chi connectivity index (χ4n) is 1.56. The van der Waals surface area contributed by atoms with Crippen molar-refractivity contribution >= 4 is 19.9 Å². The lowest BCUT2D eigenvalue weighted by Gasteiger charge is -2.35. The van der Waals surface area contributed by atoms with Crippen LogP contribution in [0.1, 0.15) is 39.2 Å². The summed E-state index contributed by atoms with van der Waals surface area (Å²) in [5.41, 5.74) is 2.07. The van der Waals surface area contributed by atoms with E-state index in [4.69, 9.17) is 4.43 Å². The van der Waals surface area contributed by atoms with Gasteiger partial charge in [-0.25, -0.2) is 0 Å². The minimum absolute atomic E-state index is 0.0547. The SMILES string of the molecule is C=C(CCC(=O)O[Si](C)(C)C(C)(C)C)c1ccccc1. The van der Waals surface area contributed by atoms with Gasteiger partial charge < -0.3 is 4.43 Å². The lowest BCUT2D eigenvalue weighted by Crippen LogP contribution is -2.42. The Morgan fingerprint density at radius 1 is 1.15 bits per heavy atom. The van der Waals surface area contributed by atoms with Crippen LogP contribution in [0.2, 0.25) is 18.1 Å². The van der Waals surface area contributed by atoms with E-state index in [1.54, 1.807) is 0 Å². The van der Waals surface area contributed by atoms with E-state index in [1.165, 1.54) is 0 Å². The van der Waals surface area contributed by atoms with E-state index in [1.807, 2.05) is 30.3 Å². The van der Waals surface area contributed by atoms with Crippen molar-refractivity contribution in [2.75, 3.05) is 0 Å². The molecule has 0 heterocycles. The molecule has 0 unspecified atom stereocenters. The molecule has 0 aromatic heterocycles. The molecule has 0 saturated carbocycles. The molecule has 110 valence electrons. The Bertz CT molecular complexity index is 470. The highest BCUT2D eigenvalue weighted by Crippen LogP contribution is 2.36. The standard InChI is InChI=1S/C17H26O2Si/c1-14(15-10-8-7-9-11-15)12-13-16(18)19-20(5,6)17(2,3)4/h7-11H,1,12-13H2,2-6H3. The van der Waals surface area contributed by atoms with Crippen molar-refractivity contribution in [2.45, 2.75) is 51.7 Å². The number of rotatable bonds is 5. The van der Waals surface area contributed by atoms with Crippen molar-refractivity contribution in [1.82, 2.24) is 0 Å². The van der Waals surface area contributed by atoms with Gasteiger partial charge in [0.2, 0.25) is 0 Å². The smallest absolute Gasteiger partial charge is 0.292 e. The van der Waals surface area contributed by atoms with E-state index in [2.05, 4.69) is 40.4 Å². The number of hydrogen-bond donors (Lipinski definition) is 0. The highest BCUT2D eigenvalue weighted by molar-refractivity contribution is 6.75. The van der Waals surface area contributed by atoms with Crippen molar-refractivity contribution < 1.29 is 9.22 Å². The van der Waals surface area contributed by atoms with Crippen LogP contribution in [0, 0.1) is 0 Å². The van der Waals surface area contributed by atoms with Crippen molar-refractivity contribution in [2.24, 2.45) is 0 Å². The third-order valence-corrected chi connectivity index (χ3v) is 8.34. The number of benzene rings is 1. The zero-order valence-corrected chi connectivity index (χ0v) is 14.3. The molecule has 1 rings (SSSR count). The molecule has 0 spiro atoms. The lowest BCUT2D eigenvalue weighted by atomic mass is 10.0. The first-order valence-electron chi connectivity index (χ1n) is 7.08. The maximum atomic E-state index is 12.0. The van der Waals surface area contributed by atoms with Gasteiger partial charge in [-0.05, 0) is 35.7 Å². The van der Waals surface area contributed by atoms with Gasteiger partial charge in [-0.2, -0.15) is 0 Å². The fraction of sp³-hybridized carbons (Fsp3) is 0.471. The van der Waals surface area contributed by atoms with Crippen LogP contribution in [-0.4, -0.2) is 14.3 Å². The quantitative estimate of drug-likeness (QED) is 0.711. The van der Waals surface area contributed by atoms with Crippen molar-refractivity contribution in [3.63, 3.8) is 0 Å². The second-order valence-corrected chi connectivity index (χ2v) is 11.4. The topological polar surface area (TPSA) is 26.3 Å². The molecule has 3 heteroatoms. The summed E-state index contributed by atoms with van der Waals surface area (Å²) in [4.78, 5) is 12.0. The second-order valence-electron chi connectivity index (χ2n) is 6.70. The van der Waals surface area contributed by atoms with Crippen LogP contribution in [0.4, 0.5) is 0 Å². The lowest BCUT2D eigenvalue weighted by molar-refractivity contribution is -0.135. The summed E-state index contributed by atoms with van der Waals surface area (Å²) in [6.45, 7) is 14.6. The molecule has 0 amide bonds. The molecule has 0 atom stereocenters. The van der Waals surface area contributed by atoms with Crippen LogP contribution in [0.5, 0.6) is 0 Å². The number of carbonyl (C=O) groups is 1. The Morgan fingerprint density at radius 3 is 2.20 bits per heavy atom. The largest absolute Gasteiger partial charge is 0.519 e. The van der Waals surface area contributed by atoms with Gasteiger partial charge in [0, 0.05) is 6.42 Å². The predicted molar refractivity (Wildman–Crippen MR) is 88.0 cm³/mol. The number of carbonyl (C=O) groups excluding carboxylic acids is 1. The van der Waals surface area contributed by atoms with Crippen LogP contribution in [0.25, 0.3) is 5.57 Å². The molecular weight excluding hydrogens is 264 g/mol. The minimum atomic E-state index is -2.00. The summed E-state index contributed by atoms with van der Waals surface area (Å²) < 4.78 is 5.75. The Labute approximate surface area is 124 Å². The number of hydrogen-bond acceptors (Lipinski definition) is 2. The van der Waals surface area contributed by atoms with Crippen molar-refractivity contribution in [3.05, 3.63) is 42.5 Å². The van der Waals surface area contributed by atoms with E-state index in [0.29, 0.717) is 12.8 Å². The molecule has 0 aliphatic heterocycles.